The molecule has 4 unspecified atom stereocenters. The molecule has 2 heterocycles. The first-order valence-corrected chi connectivity index (χ1v) is 8.41. The van der Waals surface area contributed by atoms with Gasteiger partial charge in [-0.3, -0.25) is 9.59 Å². The third-order valence-electron chi connectivity index (χ3n) is 5.02. The van der Waals surface area contributed by atoms with Crippen LogP contribution in [0.3, 0.4) is 0 Å². The Morgan fingerprint density at radius 1 is 1.24 bits per heavy atom. The number of hydrogen-bond donors (Lipinski definition) is 1. The Labute approximate surface area is 126 Å². The van der Waals surface area contributed by atoms with Crippen molar-refractivity contribution in [1.29, 1.82) is 0 Å². The van der Waals surface area contributed by atoms with Crippen LogP contribution in [0.15, 0.2) is 0 Å². The predicted molar refractivity (Wildman–Crippen MR) is 78.6 cm³/mol. The van der Waals surface area contributed by atoms with Gasteiger partial charge in [-0.1, -0.05) is 20.3 Å². The summed E-state index contributed by atoms with van der Waals surface area (Å²) in [6.07, 6.45) is 5.71. The Balaban J connectivity index is 1.83. The van der Waals surface area contributed by atoms with Gasteiger partial charge < -0.3 is 15.0 Å². The summed E-state index contributed by atoms with van der Waals surface area (Å²) in [6, 6.07) is -0.565. The Hall–Kier alpha value is -1.10. The van der Waals surface area contributed by atoms with Crippen molar-refractivity contribution in [3.63, 3.8) is 0 Å². The van der Waals surface area contributed by atoms with Gasteiger partial charge in [-0.2, -0.15) is 0 Å². The van der Waals surface area contributed by atoms with Gasteiger partial charge in [-0.15, -0.1) is 0 Å². The fourth-order valence-corrected chi connectivity index (χ4v) is 3.82. The van der Waals surface area contributed by atoms with Gasteiger partial charge in [0.15, 0.2) is 0 Å². The summed E-state index contributed by atoms with van der Waals surface area (Å²) in [6.45, 7) is 4.74. The van der Waals surface area contributed by atoms with Crippen molar-refractivity contribution in [3.8, 4) is 0 Å². The number of rotatable bonds is 5. The number of ether oxygens (including phenoxy) is 1. The van der Waals surface area contributed by atoms with Gasteiger partial charge in [0.05, 0.1) is 12.1 Å². The number of piperazine rings is 1. The second-order valence-corrected chi connectivity index (χ2v) is 6.55. The molecule has 0 aromatic carbocycles. The van der Waals surface area contributed by atoms with Gasteiger partial charge in [0.1, 0.15) is 12.1 Å². The van der Waals surface area contributed by atoms with E-state index in [1.165, 1.54) is 12.8 Å². The van der Waals surface area contributed by atoms with Crippen molar-refractivity contribution in [1.82, 2.24) is 10.2 Å². The van der Waals surface area contributed by atoms with Crippen LogP contribution in [-0.4, -0.2) is 47.6 Å². The zero-order chi connectivity index (χ0) is 15.0. The topological polar surface area (TPSA) is 58.6 Å². The molecule has 3 aliphatic rings. The van der Waals surface area contributed by atoms with Gasteiger partial charge in [-0.25, -0.2) is 0 Å². The van der Waals surface area contributed by atoms with Crippen LogP contribution in [0.2, 0.25) is 0 Å². The molecule has 3 rings (SSSR count). The number of carbonyl (C=O) groups excluding carboxylic acids is 2. The molecule has 0 bridgehead atoms. The van der Waals surface area contributed by atoms with Crippen LogP contribution in [0.1, 0.15) is 52.4 Å². The minimum Gasteiger partial charge on any atom is -0.376 e. The number of carbonyl (C=O) groups is 2. The van der Waals surface area contributed by atoms with Crippen LogP contribution in [0.4, 0.5) is 0 Å². The van der Waals surface area contributed by atoms with E-state index >= 15 is 0 Å². The highest BCUT2D eigenvalue weighted by atomic mass is 16.5. The van der Waals surface area contributed by atoms with Crippen molar-refractivity contribution in [2.75, 3.05) is 6.61 Å². The van der Waals surface area contributed by atoms with E-state index < -0.39 is 0 Å². The smallest absolute Gasteiger partial charge is 0.246 e. The van der Waals surface area contributed by atoms with Gasteiger partial charge in [-0.05, 0) is 38.0 Å². The van der Waals surface area contributed by atoms with Crippen molar-refractivity contribution in [2.45, 2.75) is 76.6 Å². The second-order valence-electron chi connectivity index (χ2n) is 6.55. The number of amides is 2. The van der Waals surface area contributed by atoms with Crippen LogP contribution in [-0.2, 0) is 14.3 Å². The lowest BCUT2D eigenvalue weighted by Gasteiger charge is -2.43. The van der Waals surface area contributed by atoms with Gasteiger partial charge >= 0.3 is 0 Å². The highest BCUT2D eigenvalue weighted by Crippen LogP contribution is 2.41. The third-order valence-corrected chi connectivity index (χ3v) is 5.02. The molecule has 0 aromatic heterocycles. The van der Waals surface area contributed by atoms with Crippen LogP contribution in [0, 0.1) is 5.92 Å². The van der Waals surface area contributed by atoms with Crippen molar-refractivity contribution >= 4 is 11.8 Å². The van der Waals surface area contributed by atoms with Gasteiger partial charge in [0, 0.05) is 6.61 Å². The normalized spacial score (nSPS) is 37.0. The van der Waals surface area contributed by atoms with Crippen LogP contribution in [0.5, 0.6) is 0 Å². The minimum atomic E-state index is -0.342. The molecule has 2 saturated heterocycles. The molecule has 1 saturated carbocycles. The lowest BCUT2D eigenvalue weighted by molar-refractivity contribution is -0.154. The first kappa shape index (κ1) is 14.8. The maximum Gasteiger partial charge on any atom is 0.246 e. The molecule has 1 N–H and O–H groups in total. The molecule has 0 spiro atoms. The van der Waals surface area contributed by atoms with Crippen LogP contribution in [0.25, 0.3) is 0 Å². The van der Waals surface area contributed by atoms with Crippen molar-refractivity contribution in [2.24, 2.45) is 5.92 Å². The fraction of sp³-hybridized carbons (Fsp3) is 0.875. The Bertz CT molecular complexity index is 422. The van der Waals surface area contributed by atoms with E-state index in [9.17, 15) is 9.59 Å². The molecular weight excluding hydrogens is 268 g/mol. The van der Waals surface area contributed by atoms with E-state index in [0.29, 0.717) is 18.9 Å². The molecular formula is C16H26N2O3. The maximum atomic E-state index is 12.9. The molecule has 1 aliphatic carbocycles. The molecule has 118 valence electrons. The van der Waals surface area contributed by atoms with Crippen LogP contribution >= 0.6 is 0 Å². The summed E-state index contributed by atoms with van der Waals surface area (Å²) in [7, 11) is 0. The average molecular weight is 294 g/mol. The molecule has 5 heteroatoms. The second kappa shape index (κ2) is 5.95. The standard InChI is InChI=1S/C16H26N2O3/c1-3-5-11-16(20)18(12(4-2)15(19)17-11)13-8-9-21-14(13)10-6-7-10/h10-14H,3-9H2,1-2H3,(H,17,19). The Morgan fingerprint density at radius 2 is 2.00 bits per heavy atom. The molecule has 4 atom stereocenters. The van der Waals surface area contributed by atoms with E-state index in [4.69, 9.17) is 4.74 Å². The van der Waals surface area contributed by atoms with Gasteiger partial charge in [0.2, 0.25) is 11.8 Å². The summed E-state index contributed by atoms with van der Waals surface area (Å²) in [5, 5.41) is 2.91. The Kier molecular flexibility index (Phi) is 4.20. The lowest BCUT2D eigenvalue weighted by Crippen LogP contribution is -2.66. The summed E-state index contributed by atoms with van der Waals surface area (Å²) in [5.74, 6) is 0.707. The molecule has 2 aliphatic heterocycles. The average Bonchev–Trinajstić information content (AvgIpc) is 3.20. The zero-order valence-electron chi connectivity index (χ0n) is 13.0. The number of nitrogens with one attached hydrogen (secondary N) is 1. The third kappa shape index (κ3) is 2.68. The summed E-state index contributed by atoms with van der Waals surface area (Å²) < 4.78 is 5.89. The fourth-order valence-electron chi connectivity index (χ4n) is 3.82. The van der Waals surface area contributed by atoms with E-state index in [2.05, 4.69) is 5.32 Å². The number of hydrogen-bond acceptors (Lipinski definition) is 3. The van der Waals surface area contributed by atoms with E-state index in [1.54, 1.807) is 0 Å². The minimum absolute atomic E-state index is 0.0111. The van der Waals surface area contributed by atoms with Crippen molar-refractivity contribution < 1.29 is 14.3 Å². The van der Waals surface area contributed by atoms with Gasteiger partial charge in [0.25, 0.3) is 0 Å². The molecule has 2 amide bonds. The molecule has 3 fully saturated rings. The zero-order valence-corrected chi connectivity index (χ0v) is 13.0. The first-order valence-electron chi connectivity index (χ1n) is 8.41. The van der Waals surface area contributed by atoms with Crippen molar-refractivity contribution in [3.05, 3.63) is 0 Å². The summed E-state index contributed by atoms with van der Waals surface area (Å²) in [5.41, 5.74) is 0. The summed E-state index contributed by atoms with van der Waals surface area (Å²) >= 11 is 0. The monoisotopic (exact) mass is 294 g/mol. The first-order chi connectivity index (χ1) is 10.2. The van der Waals surface area contributed by atoms with E-state index in [1.807, 2.05) is 18.7 Å². The largest absolute Gasteiger partial charge is 0.376 e. The maximum absolute atomic E-state index is 12.9. The number of nitrogens with zero attached hydrogens (tertiary/aromatic N) is 1. The van der Waals surface area contributed by atoms with E-state index in [-0.39, 0.29) is 36.0 Å². The highest BCUT2D eigenvalue weighted by molar-refractivity contribution is 5.97. The van der Waals surface area contributed by atoms with Crippen LogP contribution < -0.4 is 5.32 Å². The molecule has 5 nitrogen and oxygen atoms in total. The molecule has 0 radical (unpaired) electrons. The highest BCUT2D eigenvalue weighted by Gasteiger charge is 2.50. The molecule has 0 aromatic rings. The SMILES string of the molecule is CCCC1NC(=O)C(CC)N(C2CCOC2C2CC2)C1=O. The lowest BCUT2D eigenvalue weighted by atomic mass is 9.95. The Morgan fingerprint density at radius 3 is 2.62 bits per heavy atom. The summed E-state index contributed by atoms with van der Waals surface area (Å²) in [4.78, 5) is 27.1. The van der Waals surface area contributed by atoms with E-state index in [0.717, 1.165) is 19.3 Å². The predicted octanol–water partition coefficient (Wildman–Crippen LogP) is 1.46. The quantitative estimate of drug-likeness (QED) is 0.835. The molecule has 21 heavy (non-hydrogen) atoms.